The maximum atomic E-state index is 11.5. The molecule has 0 aliphatic carbocycles. The summed E-state index contributed by atoms with van der Waals surface area (Å²) in [5.41, 5.74) is 2.35. The van der Waals surface area contributed by atoms with Gasteiger partial charge in [0.05, 0.1) is 21.6 Å². The average molecular weight is 425 g/mol. The monoisotopic (exact) mass is 424 g/mol. The summed E-state index contributed by atoms with van der Waals surface area (Å²) in [5.74, 6) is 0.624. The van der Waals surface area contributed by atoms with Crippen LogP contribution >= 0.6 is 24.8 Å². The van der Waals surface area contributed by atoms with Crippen LogP contribution in [-0.4, -0.2) is 29.5 Å². The summed E-state index contributed by atoms with van der Waals surface area (Å²) in [7, 11) is 0. The van der Waals surface area contributed by atoms with Crippen molar-refractivity contribution in [1.29, 1.82) is 0 Å². The van der Waals surface area contributed by atoms with Crippen LogP contribution in [0.25, 0.3) is 21.8 Å². The molecule has 2 N–H and O–H groups in total. The number of nitro benzene ring substituents is 1. The predicted molar refractivity (Wildman–Crippen MR) is 121 cm³/mol. The van der Waals surface area contributed by atoms with E-state index in [0.717, 1.165) is 42.6 Å². The molecule has 0 atom stereocenters. The molecule has 0 fully saturated rings. The maximum Gasteiger partial charge on any atom is 0.280 e. The van der Waals surface area contributed by atoms with Crippen molar-refractivity contribution in [2.75, 3.05) is 25.0 Å². The van der Waals surface area contributed by atoms with E-state index >= 15 is 0 Å². The highest BCUT2D eigenvalue weighted by molar-refractivity contribution is 6.11. The molecule has 0 aliphatic rings. The van der Waals surface area contributed by atoms with Crippen LogP contribution < -0.4 is 10.6 Å². The van der Waals surface area contributed by atoms with E-state index in [0.29, 0.717) is 16.8 Å². The third-order valence-corrected chi connectivity index (χ3v) is 4.27. The zero-order chi connectivity index (χ0) is 18.5. The number of fused-ring (bicyclic) bond motifs is 2. The molecule has 0 unspecified atom stereocenters. The van der Waals surface area contributed by atoms with Crippen LogP contribution in [0.3, 0.4) is 0 Å². The minimum atomic E-state index is -0.339. The second kappa shape index (κ2) is 11.0. The minimum absolute atomic E-state index is 0. The number of nitro groups is 1. The first kappa shape index (κ1) is 23.9. The molecule has 3 aromatic rings. The molecule has 1 heterocycles. The van der Waals surface area contributed by atoms with E-state index in [-0.39, 0.29) is 35.4 Å². The molecule has 28 heavy (non-hydrogen) atoms. The molecule has 0 aliphatic heterocycles. The fourth-order valence-electron chi connectivity index (χ4n) is 3.08. The molecule has 1 aromatic heterocycles. The average Bonchev–Trinajstić information content (AvgIpc) is 2.62. The molecular weight excluding hydrogens is 399 g/mol. The van der Waals surface area contributed by atoms with E-state index in [1.807, 2.05) is 30.3 Å². The molecule has 0 radical (unpaired) electrons. The lowest BCUT2D eigenvalue weighted by atomic mass is 10.1. The highest BCUT2D eigenvalue weighted by atomic mass is 35.5. The number of aromatic nitrogens is 1. The van der Waals surface area contributed by atoms with Crippen molar-refractivity contribution in [2.45, 2.75) is 20.3 Å². The number of nitrogens with one attached hydrogen (secondary N) is 2. The van der Waals surface area contributed by atoms with Gasteiger partial charge in [-0.05, 0) is 37.6 Å². The Bertz CT molecular complexity index is 935. The smallest absolute Gasteiger partial charge is 0.280 e. The lowest BCUT2D eigenvalue weighted by Crippen LogP contribution is -2.22. The van der Waals surface area contributed by atoms with E-state index in [4.69, 9.17) is 0 Å². The standard InChI is InChI=1S/C20H24N4O2.2ClH/c1-14(2)13-21-11-6-12-22-20-15-7-3-4-8-16(15)23-17-9-5-10-18(19(17)20)24(25)26;;/h3-5,7-10,14,21H,6,11-13H2,1-2H3,(H,22,23);2*1H. The molecule has 0 spiro atoms. The first-order valence-electron chi connectivity index (χ1n) is 8.98. The van der Waals surface area contributed by atoms with E-state index in [9.17, 15) is 10.1 Å². The van der Waals surface area contributed by atoms with Gasteiger partial charge in [-0.15, -0.1) is 24.8 Å². The Labute approximate surface area is 177 Å². The summed E-state index contributed by atoms with van der Waals surface area (Å²) >= 11 is 0. The van der Waals surface area contributed by atoms with Crippen molar-refractivity contribution in [3.05, 3.63) is 52.6 Å². The Hall–Kier alpha value is -2.15. The highest BCUT2D eigenvalue weighted by Crippen LogP contribution is 2.36. The summed E-state index contributed by atoms with van der Waals surface area (Å²) in [4.78, 5) is 15.8. The third-order valence-electron chi connectivity index (χ3n) is 4.27. The fourth-order valence-corrected chi connectivity index (χ4v) is 3.08. The van der Waals surface area contributed by atoms with Crippen molar-refractivity contribution in [3.63, 3.8) is 0 Å². The zero-order valence-electron chi connectivity index (χ0n) is 16.0. The molecule has 8 heteroatoms. The predicted octanol–water partition coefficient (Wildman–Crippen LogP) is 5.19. The van der Waals surface area contributed by atoms with Crippen molar-refractivity contribution < 1.29 is 4.92 Å². The van der Waals surface area contributed by atoms with Gasteiger partial charge in [-0.1, -0.05) is 38.1 Å². The van der Waals surface area contributed by atoms with Crippen LogP contribution in [0.4, 0.5) is 11.4 Å². The molecule has 0 amide bonds. The van der Waals surface area contributed by atoms with Gasteiger partial charge in [0.2, 0.25) is 0 Å². The highest BCUT2D eigenvalue weighted by Gasteiger charge is 2.18. The lowest BCUT2D eigenvalue weighted by molar-refractivity contribution is -0.383. The van der Waals surface area contributed by atoms with E-state index in [2.05, 4.69) is 29.5 Å². The Morgan fingerprint density at radius 1 is 1.04 bits per heavy atom. The normalized spacial score (nSPS) is 10.5. The number of non-ortho nitro benzene ring substituents is 1. The molecule has 152 valence electrons. The zero-order valence-corrected chi connectivity index (χ0v) is 17.6. The van der Waals surface area contributed by atoms with Crippen LogP contribution in [0.1, 0.15) is 20.3 Å². The number of halogens is 2. The van der Waals surface area contributed by atoms with Crippen LogP contribution in [0.5, 0.6) is 0 Å². The molecule has 2 aromatic carbocycles. The molecule has 0 bridgehead atoms. The number of pyridine rings is 1. The number of para-hydroxylation sites is 1. The minimum Gasteiger partial charge on any atom is -0.384 e. The molecule has 0 saturated heterocycles. The van der Waals surface area contributed by atoms with Gasteiger partial charge in [0, 0.05) is 18.0 Å². The van der Waals surface area contributed by atoms with Gasteiger partial charge in [-0.3, -0.25) is 10.1 Å². The number of hydrogen-bond donors (Lipinski definition) is 2. The topological polar surface area (TPSA) is 80.1 Å². The van der Waals surface area contributed by atoms with Crippen molar-refractivity contribution in [3.8, 4) is 0 Å². The summed E-state index contributed by atoms with van der Waals surface area (Å²) < 4.78 is 0. The Balaban J connectivity index is 0.00000196. The summed E-state index contributed by atoms with van der Waals surface area (Å²) in [5, 5.41) is 19.8. The number of anilines is 1. The van der Waals surface area contributed by atoms with Crippen LogP contribution in [0.2, 0.25) is 0 Å². The van der Waals surface area contributed by atoms with E-state index < -0.39 is 0 Å². The number of hydrogen-bond acceptors (Lipinski definition) is 5. The van der Waals surface area contributed by atoms with Gasteiger partial charge in [0.15, 0.2) is 0 Å². The Morgan fingerprint density at radius 2 is 1.75 bits per heavy atom. The second-order valence-electron chi connectivity index (χ2n) is 6.81. The quantitative estimate of drug-likeness (QED) is 0.225. The van der Waals surface area contributed by atoms with Gasteiger partial charge < -0.3 is 10.6 Å². The maximum absolute atomic E-state index is 11.5. The van der Waals surface area contributed by atoms with E-state index in [1.165, 1.54) is 6.07 Å². The van der Waals surface area contributed by atoms with Gasteiger partial charge in [0.25, 0.3) is 5.69 Å². The number of benzene rings is 2. The number of nitrogens with zero attached hydrogens (tertiary/aromatic N) is 2. The van der Waals surface area contributed by atoms with Gasteiger partial charge in [0.1, 0.15) is 5.39 Å². The van der Waals surface area contributed by atoms with E-state index in [1.54, 1.807) is 6.07 Å². The molecule has 3 rings (SSSR count). The Kier molecular flexibility index (Phi) is 9.38. The van der Waals surface area contributed by atoms with Gasteiger partial charge >= 0.3 is 0 Å². The Morgan fingerprint density at radius 3 is 2.46 bits per heavy atom. The summed E-state index contributed by atoms with van der Waals surface area (Å²) in [6.07, 6.45) is 0.936. The number of rotatable bonds is 8. The summed E-state index contributed by atoms with van der Waals surface area (Å²) in [6.45, 7) is 7.00. The first-order chi connectivity index (χ1) is 12.6. The SMILES string of the molecule is CC(C)CNCCCNc1c2ccccc2nc2cccc([N+](=O)[O-])c12.Cl.Cl. The largest absolute Gasteiger partial charge is 0.384 e. The fraction of sp³-hybridized carbons (Fsp3) is 0.350. The van der Waals surface area contributed by atoms with Crippen molar-refractivity contribution in [1.82, 2.24) is 10.3 Å². The molecule has 0 saturated carbocycles. The second-order valence-corrected chi connectivity index (χ2v) is 6.81. The van der Waals surface area contributed by atoms with Gasteiger partial charge in [-0.25, -0.2) is 4.98 Å². The lowest BCUT2D eigenvalue weighted by Gasteiger charge is -2.14. The van der Waals surface area contributed by atoms with Crippen LogP contribution in [0, 0.1) is 16.0 Å². The molecular formula is C20H26Cl2N4O2. The first-order valence-corrected chi connectivity index (χ1v) is 8.98. The van der Waals surface area contributed by atoms with Gasteiger partial charge in [-0.2, -0.15) is 0 Å². The third kappa shape index (κ3) is 5.44. The van der Waals surface area contributed by atoms with Crippen molar-refractivity contribution in [2.24, 2.45) is 5.92 Å². The summed E-state index contributed by atoms with van der Waals surface area (Å²) in [6, 6.07) is 12.8. The van der Waals surface area contributed by atoms with Crippen LogP contribution in [-0.2, 0) is 0 Å². The molecule has 6 nitrogen and oxygen atoms in total. The van der Waals surface area contributed by atoms with Crippen molar-refractivity contribution >= 4 is 58.0 Å². The van der Waals surface area contributed by atoms with Crippen LogP contribution in [0.15, 0.2) is 42.5 Å².